The largest absolute Gasteiger partial charge is 0.480 e. The summed E-state index contributed by atoms with van der Waals surface area (Å²) in [4.78, 5) is 38.6. The van der Waals surface area contributed by atoms with E-state index in [2.05, 4.69) is 12.1 Å². The molecule has 2 aromatic carbocycles. The van der Waals surface area contributed by atoms with E-state index in [1.807, 2.05) is 36.4 Å². The van der Waals surface area contributed by atoms with Crippen LogP contribution in [-0.4, -0.2) is 66.7 Å². The van der Waals surface area contributed by atoms with Crippen molar-refractivity contribution < 1.29 is 24.2 Å². The maximum Gasteiger partial charge on any atom is 0.410 e. The second-order valence-electron chi connectivity index (χ2n) is 7.95. The molecule has 0 heterocycles. The van der Waals surface area contributed by atoms with Gasteiger partial charge >= 0.3 is 12.1 Å². The van der Waals surface area contributed by atoms with Crippen molar-refractivity contribution in [1.29, 1.82) is 0 Å². The normalized spacial score (nSPS) is 13.1. The van der Waals surface area contributed by atoms with Gasteiger partial charge in [-0.2, -0.15) is 0 Å². The van der Waals surface area contributed by atoms with Gasteiger partial charge in [-0.05, 0) is 35.1 Å². The first-order chi connectivity index (χ1) is 14.8. The zero-order chi connectivity index (χ0) is 22.5. The van der Waals surface area contributed by atoms with Crippen molar-refractivity contribution in [3.8, 4) is 11.1 Å². The summed E-state index contributed by atoms with van der Waals surface area (Å²) in [6, 6.07) is 15.0. The van der Waals surface area contributed by atoms with Crippen LogP contribution in [0.2, 0.25) is 0 Å². The Balaban J connectivity index is 1.64. The first-order valence-electron chi connectivity index (χ1n) is 10.3. The highest BCUT2D eigenvalue weighted by Crippen LogP contribution is 2.44. The van der Waals surface area contributed by atoms with E-state index < -0.39 is 18.1 Å². The number of ether oxygens (including phenoxy) is 1. The van der Waals surface area contributed by atoms with Crippen LogP contribution in [0.5, 0.6) is 0 Å². The number of carbonyl (C=O) groups is 3. The van der Waals surface area contributed by atoms with Gasteiger partial charge in [-0.1, -0.05) is 48.5 Å². The molecule has 0 aliphatic heterocycles. The molecule has 1 aliphatic rings. The van der Waals surface area contributed by atoms with Crippen molar-refractivity contribution in [3.63, 3.8) is 0 Å². The second kappa shape index (κ2) is 9.64. The Bertz CT molecular complexity index is 926. The number of carbonyl (C=O) groups excluding carboxylic acids is 2. The highest BCUT2D eigenvalue weighted by atomic mass is 16.6. The van der Waals surface area contributed by atoms with Gasteiger partial charge in [0.2, 0.25) is 5.91 Å². The fourth-order valence-electron chi connectivity index (χ4n) is 3.98. The SMILES string of the molecule is CN(C)C(=O)CCC[C@@H](C(=O)O)N(C)C(=O)OCC1c2ccccc2-c2ccccc21. The number of rotatable bonds is 8. The molecule has 7 heteroatoms. The third kappa shape index (κ3) is 4.87. The Labute approximate surface area is 182 Å². The summed E-state index contributed by atoms with van der Waals surface area (Å²) in [7, 11) is 4.73. The zero-order valence-corrected chi connectivity index (χ0v) is 18.1. The van der Waals surface area contributed by atoms with Crippen LogP contribution in [0.15, 0.2) is 48.5 Å². The summed E-state index contributed by atoms with van der Waals surface area (Å²) in [6.07, 6.45) is 0.0908. The number of likely N-dealkylation sites (N-methyl/N-ethyl adjacent to an activating group) is 1. The van der Waals surface area contributed by atoms with Crippen LogP contribution in [0.1, 0.15) is 36.3 Å². The molecule has 1 aliphatic carbocycles. The molecule has 0 saturated heterocycles. The number of benzene rings is 2. The molecular weight excluding hydrogens is 396 g/mol. The van der Waals surface area contributed by atoms with Gasteiger partial charge in [0.1, 0.15) is 12.6 Å². The molecule has 0 bridgehead atoms. The van der Waals surface area contributed by atoms with E-state index in [1.165, 1.54) is 11.9 Å². The first kappa shape index (κ1) is 22.3. The standard InChI is InChI=1S/C24H28N2O5/c1-25(2)22(27)14-8-13-21(23(28)29)26(3)24(30)31-15-20-18-11-6-4-9-16(18)17-10-5-7-12-19(17)20/h4-7,9-12,20-21H,8,13-15H2,1-3H3,(H,28,29)/t21-/m0/s1. The van der Waals surface area contributed by atoms with Crippen molar-refractivity contribution in [2.75, 3.05) is 27.7 Å². The average molecular weight is 424 g/mol. The summed E-state index contributed by atoms with van der Waals surface area (Å²) in [5, 5.41) is 9.56. The minimum absolute atomic E-state index is 0.0760. The van der Waals surface area contributed by atoms with E-state index in [0.717, 1.165) is 27.2 Å². The van der Waals surface area contributed by atoms with Crippen LogP contribution in [0, 0.1) is 0 Å². The molecule has 2 aromatic rings. The smallest absolute Gasteiger partial charge is 0.410 e. The predicted octanol–water partition coefficient (Wildman–Crippen LogP) is 3.58. The Morgan fingerprint density at radius 3 is 2.03 bits per heavy atom. The van der Waals surface area contributed by atoms with E-state index in [9.17, 15) is 19.5 Å². The Hall–Kier alpha value is -3.35. The molecular formula is C24H28N2O5. The number of carboxylic acid groups (broad SMARTS) is 1. The van der Waals surface area contributed by atoms with Gasteiger partial charge in [0, 0.05) is 33.5 Å². The lowest BCUT2D eigenvalue weighted by Crippen LogP contribution is -2.43. The minimum atomic E-state index is -1.12. The summed E-state index contributed by atoms with van der Waals surface area (Å²) in [5.41, 5.74) is 4.44. The molecule has 0 saturated carbocycles. The van der Waals surface area contributed by atoms with Gasteiger partial charge in [-0.25, -0.2) is 9.59 Å². The number of amides is 2. The van der Waals surface area contributed by atoms with E-state index in [4.69, 9.17) is 4.74 Å². The Morgan fingerprint density at radius 1 is 0.968 bits per heavy atom. The van der Waals surface area contributed by atoms with Crippen LogP contribution in [0.25, 0.3) is 11.1 Å². The van der Waals surface area contributed by atoms with Crippen LogP contribution in [-0.2, 0) is 14.3 Å². The molecule has 2 amide bonds. The number of nitrogens with zero attached hydrogens (tertiary/aromatic N) is 2. The first-order valence-corrected chi connectivity index (χ1v) is 10.3. The van der Waals surface area contributed by atoms with Gasteiger partial charge in [0.15, 0.2) is 0 Å². The van der Waals surface area contributed by atoms with Gasteiger partial charge in [0.05, 0.1) is 0 Å². The number of hydrogen-bond donors (Lipinski definition) is 1. The van der Waals surface area contributed by atoms with Crippen LogP contribution >= 0.6 is 0 Å². The summed E-state index contributed by atoms with van der Waals surface area (Å²) in [6.45, 7) is 0.128. The highest BCUT2D eigenvalue weighted by molar-refractivity contribution is 5.81. The van der Waals surface area contributed by atoms with Gasteiger partial charge in [-0.3, -0.25) is 9.69 Å². The van der Waals surface area contributed by atoms with E-state index in [0.29, 0.717) is 6.42 Å². The lowest BCUT2D eigenvalue weighted by atomic mass is 9.98. The summed E-state index contributed by atoms with van der Waals surface area (Å²) < 4.78 is 5.55. The molecule has 164 valence electrons. The number of aliphatic carboxylic acids is 1. The molecule has 0 unspecified atom stereocenters. The molecule has 0 fully saturated rings. The van der Waals surface area contributed by atoms with Crippen molar-refractivity contribution in [2.24, 2.45) is 0 Å². The molecule has 3 rings (SSSR count). The van der Waals surface area contributed by atoms with Crippen molar-refractivity contribution in [2.45, 2.75) is 31.2 Å². The molecule has 31 heavy (non-hydrogen) atoms. The van der Waals surface area contributed by atoms with Gasteiger partial charge in [0.25, 0.3) is 0 Å². The van der Waals surface area contributed by atoms with Crippen LogP contribution < -0.4 is 0 Å². The van der Waals surface area contributed by atoms with E-state index in [-0.39, 0.29) is 31.3 Å². The number of carboxylic acids is 1. The Morgan fingerprint density at radius 2 is 1.52 bits per heavy atom. The maximum atomic E-state index is 12.6. The number of hydrogen-bond acceptors (Lipinski definition) is 4. The quantitative estimate of drug-likeness (QED) is 0.700. The third-order valence-corrected chi connectivity index (χ3v) is 5.74. The van der Waals surface area contributed by atoms with Crippen molar-refractivity contribution >= 4 is 18.0 Å². The zero-order valence-electron chi connectivity index (χ0n) is 18.1. The lowest BCUT2D eigenvalue weighted by molar-refractivity contribution is -0.142. The third-order valence-electron chi connectivity index (χ3n) is 5.74. The topological polar surface area (TPSA) is 87.2 Å². The van der Waals surface area contributed by atoms with Crippen LogP contribution in [0.3, 0.4) is 0 Å². The lowest BCUT2D eigenvalue weighted by Gasteiger charge is -2.25. The predicted molar refractivity (Wildman–Crippen MR) is 117 cm³/mol. The summed E-state index contributed by atoms with van der Waals surface area (Å²) >= 11 is 0. The van der Waals surface area contributed by atoms with Gasteiger partial charge < -0.3 is 14.7 Å². The Kier molecular flexibility index (Phi) is 6.95. The van der Waals surface area contributed by atoms with Gasteiger partial charge in [-0.15, -0.1) is 0 Å². The highest BCUT2D eigenvalue weighted by Gasteiger charge is 2.31. The number of fused-ring (bicyclic) bond motifs is 3. The van der Waals surface area contributed by atoms with Crippen LogP contribution in [0.4, 0.5) is 4.79 Å². The maximum absolute atomic E-state index is 12.6. The van der Waals surface area contributed by atoms with E-state index in [1.54, 1.807) is 14.1 Å². The molecule has 7 nitrogen and oxygen atoms in total. The molecule has 0 spiro atoms. The average Bonchev–Trinajstić information content (AvgIpc) is 3.08. The van der Waals surface area contributed by atoms with Crippen molar-refractivity contribution in [1.82, 2.24) is 9.80 Å². The summed E-state index contributed by atoms with van der Waals surface area (Å²) in [5.74, 6) is -1.29. The monoisotopic (exact) mass is 424 g/mol. The molecule has 1 atom stereocenters. The molecule has 0 radical (unpaired) electrons. The molecule has 1 N–H and O–H groups in total. The fourth-order valence-corrected chi connectivity index (χ4v) is 3.98. The van der Waals surface area contributed by atoms with E-state index >= 15 is 0 Å². The minimum Gasteiger partial charge on any atom is -0.480 e. The second-order valence-corrected chi connectivity index (χ2v) is 7.95. The fraction of sp³-hybridized carbons (Fsp3) is 0.375. The molecule has 0 aromatic heterocycles. The van der Waals surface area contributed by atoms with Crippen molar-refractivity contribution in [3.05, 3.63) is 59.7 Å².